The molecule has 2 aromatic heterocycles. The first-order chi connectivity index (χ1) is 64.5. The van der Waals surface area contributed by atoms with Crippen LogP contribution in [0.15, 0.2) is 12.4 Å². The smallest absolute Gasteiger partial charge is 0.220 e. The number of hydrogen-bond donors (Lipinski definition) is 12. The predicted molar refractivity (Wildman–Crippen MR) is 534 cm³/mol. The van der Waals surface area contributed by atoms with Gasteiger partial charge in [-0.05, 0) is 51.4 Å². The predicted octanol–water partition coefficient (Wildman–Crippen LogP) is 22.4. The number of aryl methyl sites for hydroxylation is 2. The third-order valence-corrected chi connectivity index (χ3v) is 28.3. The molecule has 2 amide bonds. The molecule has 774 valence electrons. The van der Waals surface area contributed by atoms with Crippen LogP contribution in [0.5, 0.6) is 0 Å². The number of unbranched alkanes of at least 4 members (excludes halogenated alkanes) is 67. The Labute approximate surface area is 804 Å². The van der Waals surface area contributed by atoms with Gasteiger partial charge < -0.3 is 80.6 Å². The van der Waals surface area contributed by atoms with E-state index in [2.05, 4.69) is 59.0 Å². The first kappa shape index (κ1) is 121. The first-order valence-corrected chi connectivity index (χ1v) is 56.2. The second-order valence-electron chi connectivity index (χ2n) is 40.6. The lowest BCUT2D eigenvalue weighted by molar-refractivity contribution is -0.301. The molecule has 2 aromatic rings. The van der Waals surface area contributed by atoms with Gasteiger partial charge in [0, 0.05) is 25.2 Å². The molecule has 2 fully saturated rings. The summed E-state index contributed by atoms with van der Waals surface area (Å²) in [7, 11) is 0. The van der Waals surface area contributed by atoms with Crippen LogP contribution in [0.2, 0.25) is 0 Å². The van der Waals surface area contributed by atoms with Crippen molar-refractivity contribution < 1.29 is 79.6 Å². The summed E-state index contributed by atoms with van der Waals surface area (Å²) >= 11 is 0. The third kappa shape index (κ3) is 60.6. The molecule has 2 saturated heterocycles. The summed E-state index contributed by atoms with van der Waals surface area (Å²) in [6.07, 6.45) is 73.9. The average Bonchev–Trinajstić information content (AvgIpc) is 1.72. The van der Waals surface area contributed by atoms with Gasteiger partial charge in [0.15, 0.2) is 12.6 Å². The Balaban J connectivity index is 1.22. The lowest BCUT2D eigenvalue weighted by atomic mass is 9.98. The van der Waals surface area contributed by atoms with E-state index in [-0.39, 0.29) is 51.0 Å². The topological polar surface area (TPSA) is 359 Å². The number of aliphatic hydroxyl groups excluding tert-OH is 10. The van der Waals surface area contributed by atoms with Crippen molar-refractivity contribution in [2.45, 2.75) is 640 Å². The van der Waals surface area contributed by atoms with Crippen molar-refractivity contribution in [3.63, 3.8) is 0 Å². The fourth-order valence-electron chi connectivity index (χ4n) is 19.3. The van der Waals surface area contributed by atoms with Crippen LogP contribution < -0.4 is 10.6 Å². The van der Waals surface area contributed by atoms with Gasteiger partial charge in [-0.15, -0.1) is 10.2 Å². The zero-order valence-corrected chi connectivity index (χ0v) is 85.0. The van der Waals surface area contributed by atoms with E-state index in [1.54, 1.807) is 12.4 Å². The molecule has 2 aliphatic rings. The highest BCUT2D eigenvalue weighted by molar-refractivity contribution is 5.76. The van der Waals surface area contributed by atoms with Gasteiger partial charge in [-0.2, -0.15) is 0 Å². The minimum atomic E-state index is -1.68. The molecule has 4 heterocycles. The SMILES string of the molecule is CCCCCCCCCCCCCCCCCCCCCCCCCC(=O)N[C@@H](CO[C@H]1O[C@H](Cn2cc(CCCCc3cn(C[C@H]4O[C@H](OC[C@H](NC(=O)CCCCCCCCCCCCCCCCCCCCCCCCC)[C@H](O)[C@H](O)CCCCCCCCCCCCCC)[C@H](O)[C@@H](O)[C@H]4O)nn3)nn2)[C@H](O)[C@H](O)[C@H]1O)[C@H](O)[C@H](O)CCCCCCCCCCCCCC. The maximum atomic E-state index is 13.6. The number of nitrogens with one attached hydrogen (secondary N) is 2. The molecule has 24 nitrogen and oxygen atoms in total. The van der Waals surface area contributed by atoms with Gasteiger partial charge in [0.05, 0.1) is 62.0 Å². The number of aliphatic hydroxyl groups is 10. The molecule has 0 aliphatic carbocycles. The fourth-order valence-corrected chi connectivity index (χ4v) is 19.3. The van der Waals surface area contributed by atoms with Crippen LogP contribution in [0.3, 0.4) is 0 Å². The summed E-state index contributed by atoms with van der Waals surface area (Å²) in [6, 6.07) is -2.13. The maximum Gasteiger partial charge on any atom is 0.220 e. The Morgan fingerprint density at radius 2 is 0.515 bits per heavy atom. The highest BCUT2D eigenvalue weighted by Gasteiger charge is 2.47. The molecular formula is C108H206N8O16. The molecule has 4 rings (SSSR count). The standard InChI is InChI=1S/C108H206N8O16/c1-5-9-13-17-21-25-29-33-35-37-39-41-43-45-47-49-51-53-57-61-65-69-73-81-97(119)109-91(99(121)93(117)79-71-67-63-59-55-31-27-23-19-15-11-7-3)87-129-107-105(127)103(125)101(123)95(131-107)85-115-83-89(111-113-115)77-75-76-78-90-84-116(114-112-90)86-96-102(124)104(126)106(128)108(132-96)130-88-92(100(122)94(118)80-72-68-64-60-56-32-28-24-20-16-12-8-4)110-98(120)82-74-70-66-62-58-54-52-50-48-46-44-42-40-38-36-34-30-26-22-18-14-10-6-2/h83-84,91-96,99-108,117-118,121-128H,5-82,85-88H2,1-4H3,(H,109,119)(H,110,120)/t91-,92-,93+,94+,95+,96+,99-,100-,101-,102-,103-,104-,105+,106+,107-,108-/m0/s1. The van der Waals surface area contributed by atoms with Crippen LogP contribution in [-0.2, 0) is 54.5 Å². The molecule has 12 N–H and O–H groups in total. The van der Waals surface area contributed by atoms with E-state index in [9.17, 15) is 60.7 Å². The summed E-state index contributed by atoms with van der Waals surface area (Å²) in [4.78, 5) is 27.2. The van der Waals surface area contributed by atoms with E-state index in [1.165, 1.54) is 356 Å². The minimum Gasteiger partial charge on any atom is -0.390 e. The van der Waals surface area contributed by atoms with Gasteiger partial charge >= 0.3 is 0 Å². The van der Waals surface area contributed by atoms with Gasteiger partial charge in [0.2, 0.25) is 11.8 Å². The number of rotatable bonds is 95. The highest BCUT2D eigenvalue weighted by atomic mass is 16.7. The number of hydrogen-bond acceptors (Lipinski definition) is 20. The summed E-state index contributed by atoms with van der Waals surface area (Å²) in [5.74, 6) is -0.560. The lowest BCUT2D eigenvalue weighted by Gasteiger charge is -2.40. The molecular weight excluding hydrogens is 1670 g/mol. The van der Waals surface area contributed by atoms with Crippen molar-refractivity contribution >= 4 is 11.8 Å². The molecule has 0 radical (unpaired) electrons. The lowest BCUT2D eigenvalue weighted by Crippen LogP contribution is -2.60. The van der Waals surface area contributed by atoms with E-state index in [1.807, 2.05) is 0 Å². The molecule has 2 aliphatic heterocycles. The van der Waals surface area contributed by atoms with Crippen LogP contribution in [0.1, 0.15) is 527 Å². The van der Waals surface area contributed by atoms with Crippen molar-refractivity contribution in [2.75, 3.05) is 13.2 Å². The van der Waals surface area contributed by atoms with Gasteiger partial charge in [-0.3, -0.25) is 9.59 Å². The largest absolute Gasteiger partial charge is 0.390 e. The summed E-state index contributed by atoms with van der Waals surface area (Å²) in [6.45, 7) is 8.22. The number of amides is 2. The zero-order valence-electron chi connectivity index (χ0n) is 85.0. The monoisotopic (exact) mass is 1870 g/mol. The van der Waals surface area contributed by atoms with E-state index < -0.39 is 97.9 Å². The van der Waals surface area contributed by atoms with Gasteiger partial charge in [-0.25, -0.2) is 9.36 Å². The Hall–Kier alpha value is -3.34. The van der Waals surface area contributed by atoms with Crippen molar-refractivity contribution in [1.29, 1.82) is 0 Å². The van der Waals surface area contributed by atoms with E-state index in [0.29, 0.717) is 75.6 Å². The van der Waals surface area contributed by atoms with E-state index in [0.717, 1.165) is 77.0 Å². The van der Waals surface area contributed by atoms with Crippen LogP contribution >= 0.6 is 0 Å². The normalized spacial score (nSPS) is 20.3. The third-order valence-electron chi connectivity index (χ3n) is 28.3. The minimum absolute atomic E-state index is 0.0609. The quantitative estimate of drug-likeness (QED) is 0.0274. The molecule has 0 unspecified atom stereocenters. The number of ether oxygens (including phenoxy) is 4. The second kappa shape index (κ2) is 83.4. The molecule has 132 heavy (non-hydrogen) atoms. The molecule has 0 bridgehead atoms. The van der Waals surface area contributed by atoms with Crippen LogP contribution in [0.4, 0.5) is 0 Å². The van der Waals surface area contributed by atoms with Gasteiger partial charge in [0.1, 0.15) is 61.0 Å². The highest BCUT2D eigenvalue weighted by Crippen LogP contribution is 2.29. The summed E-state index contributed by atoms with van der Waals surface area (Å²) in [5, 5.41) is 137. The van der Waals surface area contributed by atoms with Gasteiger partial charge in [0.25, 0.3) is 0 Å². The van der Waals surface area contributed by atoms with Crippen molar-refractivity contribution in [1.82, 2.24) is 40.6 Å². The fraction of sp³-hybridized carbons (Fsp3) is 0.944. The molecule has 0 aromatic carbocycles. The number of nitrogens with zero attached hydrogens (tertiary/aromatic N) is 6. The maximum absolute atomic E-state index is 13.6. The molecule has 0 saturated carbocycles. The van der Waals surface area contributed by atoms with E-state index >= 15 is 0 Å². The number of carbonyl (C=O) groups excluding carboxylic acids is 2. The van der Waals surface area contributed by atoms with Crippen LogP contribution in [0.25, 0.3) is 0 Å². The number of carbonyl (C=O) groups is 2. The van der Waals surface area contributed by atoms with Crippen molar-refractivity contribution in [2.24, 2.45) is 0 Å². The van der Waals surface area contributed by atoms with Gasteiger partial charge in [-0.1, -0.05) is 475 Å². The Morgan fingerprint density at radius 3 is 0.742 bits per heavy atom. The first-order valence-electron chi connectivity index (χ1n) is 56.2. The summed E-state index contributed by atoms with van der Waals surface area (Å²) < 4.78 is 27.5. The van der Waals surface area contributed by atoms with Crippen molar-refractivity contribution in [3.05, 3.63) is 23.8 Å². The summed E-state index contributed by atoms with van der Waals surface area (Å²) in [5.41, 5.74) is 1.30. The zero-order chi connectivity index (χ0) is 95.2. The Morgan fingerprint density at radius 1 is 0.303 bits per heavy atom. The molecule has 16 atom stereocenters. The second-order valence-corrected chi connectivity index (χ2v) is 40.6. The number of aromatic nitrogens is 6. The molecule has 0 spiro atoms. The molecule has 24 heteroatoms. The Bertz CT molecular complexity index is 2700. The van der Waals surface area contributed by atoms with Crippen LogP contribution in [-0.4, -0.2) is 204 Å². The Kier molecular flexibility index (Phi) is 76.5. The van der Waals surface area contributed by atoms with Crippen LogP contribution in [0, 0.1) is 0 Å². The van der Waals surface area contributed by atoms with E-state index in [4.69, 9.17) is 18.9 Å². The average molecular weight is 1870 g/mol. The van der Waals surface area contributed by atoms with Crippen molar-refractivity contribution in [3.8, 4) is 0 Å².